The van der Waals surface area contributed by atoms with Crippen molar-refractivity contribution in [3.05, 3.63) is 35.9 Å². The highest BCUT2D eigenvalue weighted by atomic mass is 16.2. The topological polar surface area (TPSA) is 266 Å². The summed E-state index contributed by atoms with van der Waals surface area (Å²) in [5.41, 5.74) is 16.6. The van der Waals surface area contributed by atoms with Gasteiger partial charge in [-0.1, -0.05) is 50.6 Å². The van der Waals surface area contributed by atoms with Crippen LogP contribution in [0.3, 0.4) is 0 Å². The van der Waals surface area contributed by atoms with Gasteiger partial charge in [0.2, 0.25) is 41.4 Å². The second-order valence-electron chi connectivity index (χ2n) is 11.3. The minimum Gasteiger partial charge on any atom is -0.370 e. The molecule has 1 aliphatic heterocycles. The fourth-order valence-corrected chi connectivity index (χ4v) is 4.88. The Labute approximate surface area is 266 Å². The van der Waals surface area contributed by atoms with Crippen LogP contribution in [0, 0.1) is 5.92 Å². The molecule has 1 aliphatic rings. The SMILES string of the molecule is CC[C@H](C)[C@@H](C=O)NC(=O)[C@@H]1CCCN1C(=O)CNC(=O)[C@H](Cc1ccccc1)NC(=O)[C@H](CC(N)=O)NC(=O)[C@@H](N)CC(N)=O. The van der Waals surface area contributed by atoms with Gasteiger partial charge in [0.15, 0.2) is 0 Å². The molecule has 2 rings (SSSR count). The normalized spacial score (nSPS) is 17.4. The molecule has 0 saturated carbocycles. The van der Waals surface area contributed by atoms with Crippen LogP contribution in [-0.4, -0.2) is 95.8 Å². The van der Waals surface area contributed by atoms with Crippen LogP contribution in [0.1, 0.15) is 51.5 Å². The summed E-state index contributed by atoms with van der Waals surface area (Å²) >= 11 is 0. The Morgan fingerprint density at radius 2 is 1.54 bits per heavy atom. The number of primary amides is 2. The van der Waals surface area contributed by atoms with Gasteiger partial charge in [0.25, 0.3) is 0 Å². The van der Waals surface area contributed by atoms with E-state index in [9.17, 15) is 38.4 Å². The van der Waals surface area contributed by atoms with Crippen LogP contribution < -0.4 is 38.5 Å². The summed E-state index contributed by atoms with van der Waals surface area (Å²) < 4.78 is 0. The molecule has 0 radical (unpaired) electrons. The van der Waals surface area contributed by atoms with Crippen LogP contribution in [-0.2, 0) is 44.8 Å². The Morgan fingerprint density at radius 3 is 2.13 bits per heavy atom. The quantitative estimate of drug-likeness (QED) is 0.0808. The Balaban J connectivity index is 2.15. The number of benzene rings is 1. The van der Waals surface area contributed by atoms with Gasteiger partial charge in [0.05, 0.1) is 31.5 Å². The molecule has 6 atom stereocenters. The number of amides is 7. The fraction of sp³-hybridized carbons (Fsp3) is 0.533. The minimum absolute atomic E-state index is 0.0253. The lowest BCUT2D eigenvalue weighted by Crippen LogP contribution is -2.58. The molecule has 7 amide bonds. The number of carbonyl (C=O) groups is 8. The van der Waals surface area contributed by atoms with Gasteiger partial charge in [0.1, 0.15) is 24.4 Å². The second kappa shape index (κ2) is 18.2. The van der Waals surface area contributed by atoms with Crippen molar-refractivity contribution in [1.82, 2.24) is 26.2 Å². The first-order chi connectivity index (χ1) is 21.8. The van der Waals surface area contributed by atoms with Crippen LogP contribution in [0.4, 0.5) is 0 Å². The number of nitrogens with one attached hydrogen (secondary N) is 4. The molecule has 252 valence electrons. The number of nitrogens with two attached hydrogens (primary N) is 3. The Bertz CT molecular complexity index is 1280. The van der Waals surface area contributed by atoms with Crippen molar-refractivity contribution < 1.29 is 38.4 Å². The van der Waals surface area contributed by atoms with E-state index in [-0.39, 0.29) is 18.9 Å². The molecule has 1 aromatic rings. The van der Waals surface area contributed by atoms with Gasteiger partial charge in [0, 0.05) is 13.0 Å². The first-order valence-electron chi connectivity index (χ1n) is 15.1. The van der Waals surface area contributed by atoms with Crippen molar-refractivity contribution in [1.29, 1.82) is 0 Å². The standard InChI is InChI=1S/C30H44N8O8/c1-3-17(2)22(16-39)37-30(46)23-10-7-11-38(23)26(42)15-34-28(44)20(12-18-8-5-4-6-9-18)36-29(45)21(14-25(33)41)35-27(43)19(31)13-24(32)40/h4-6,8-9,16-17,19-23H,3,7,10-15,31H2,1-2H3,(H2,32,40)(H2,33,41)(H,34,44)(H,35,43)(H,36,45)(H,37,46)/t17-,19-,20-,21-,22+,23-/m0/s1. The van der Waals surface area contributed by atoms with E-state index in [2.05, 4.69) is 21.3 Å². The summed E-state index contributed by atoms with van der Waals surface area (Å²) in [5, 5.41) is 9.95. The van der Waals surface area contributed by atoms with Gasteiger partial charge >= 0.3 is 0 Å². The van der Waals surface area contributed by atoms with Crippen LogP contribution >= 0.6 is 0 Å². The molecule has 1 saturated heterocycles. The second-order valence-corrected chi connectivity index (χ2v) is 11.3. The van der Waals surface area contributed by atoms with Gasteiger partial charge in [-0.3, -0.25) is 33.6 Å². The largest absolute Gasteiger partial charge is 0.370 e. The van der Waals surface area contributed by atoms with Crippen molar-refractivity contribution in [2.45, 2.75) is 82.6 Å². The van der Waals surface area contributed by atoms with E-state index in [1.807, 2.05) is 13.8 Å². The van der Waals surface area contributed by atoms with E-state index in [1.54, 1.807) is 30.3 Å². The van der Waals surface area contributed by atoms with Crippen LogP contribution in [0.2, 0.25) is 0 Å². The molecule has 1 aromatic carbocycles. The zero-order chi connectivity index (χ0) is 34.4. The molecular weight excluding hydrogens is 600 g/mol. The van der Waals surface area contributed by atoms with Crippen molar-refractivity contribution in [3.8, 4) is 0 Å². The van der Waals surface area contributed by atoms with Gasteiger partial charge in [-0.25, -0.2) is 0 Å². The van der Waals surface area contributed by atoms with E-state index >= 15 is 0 Å². The minimum atomic E-state index is -1.54. The first kappa shape index (κ1) is 37.3. The number of rotatable bonds is 18. The van der Waals surface area contributed by atoms with Gasteiger partial charge in [-0.2, -0.15) is 0 Å². The number of nitrogens with zero attached hydrogens (tertiary/aromatic N) is 1. The average molecular weight is 645 g/mol. The van der Waals surface area contributed by atoms with Gasteiger partial charge in [-0.05, 0) is 24.3 Å². The fourth-order valence-electron chi connectivity index (χ4n) is 4.88. The third kappa shape index (κ3) is 11.6. The Kier molecular flexibility index (Phi) is 14.8. The molecule has 1 heterocycles. The number of likely N-dealkylation sites (tertiary alicyclic amines) is 1. The molecule has 16 nitrogen and oxygen atoms in total. The molecule has 1 fully saturated rings. The molecule has 0 aliphatic carbocycles. The average Bonchev–Trinajstić information content (AvgIpc) is 3.51. The zero-order valence-corrected chi connectivity index (χ0v) is 26.0. The molecule has 0 aromatic heterocycles. The van der Waals surface area contributed by atoms with Crippen molar-refractivity contribution >= 4 is 47.6 Å². The van der Waals surface area contributed by atoms with Crippen LogP contribution in [0.25, 0.3) is 0 Å². The third-order valence-electron chi connectivity index (χ3n) is 7.71. The third-order valence-corrected chi connectivity index (χ3v) is 7.71. The summed E-state index contributed by atoms with van der Waals surface area (Å²) in [4.78, 5) is 101. The number of hydrogen-bond acceptors (Lipinski definition) is 9. The number of carbonyl (C=O) groups excluding carboxylic acids is 8. The van der Waals surface area contributed by atoms with Crippen molar-refractivity contribution in [2.24, 2.45) is 23.1 Å². The highest BCUT2D eigenvalue weighted by Crippen LogP contribution is 2.18. The molecule has 0 spiro atoms. The summed E-state index contributed by atoms with van der Waals surface area (Å²) in [5.74, 6) is -5.52. The monoisotopic (exact) mass is 644 g/mol. The van der Waals surface area contributed by atoms with E-state index in [4.69, 9.17) is 17.2 Å². The van der Waals surface area contributed by atoms with Gasteiger partial charge < -0.3 is 48.2 Å². The van der Waals surface area contributed by atoms with E-state index < -0.39 is 90.9 Å². The maximum atomic E-state index is 13.3. The smallest absolute Gasteiger partial charge is 0.243 e. The van der Waals surface area contributed by atoms with Crippen molar-refractivity contribution in [3.63, 3.8) is 0 Å². The van der Waals surface area contributed by atoms with Crippen LogP contribution in [0.15, 0.2) is 30.3 Å². The molecular formula is C30H44N8O8. The lowest BCUT2D eigenvalue weighted by atomic mass is 10.00. The van der Waals surface area contributed by atoms with Crippen LogP contribution in [0.5, 0.6) is 0 Å². The summed E-state index contributed by atoms with van der Waals surface area (Å²) in [7, 11) is 0. The van der Waals surface area contributed by atoms with E-state index in [1.165, 1.54) is 4.90 Å². The Morgan fingerprint density at radius 1 is 0.913 bits per heavy atom. The molecule has 16 heteroatoms. The maximum Gasteiger partial charge on any atom is 0.243 e. The maximum absolute atomic E-state index is 13.3. The molecule has 10 N–H and O–H groups in total. The lowest BCUT2D eigenvalue weighted by molar-refractivity contribution is -0.139. The van der Waals surface area contributed by atoms with E-state index in [0.29, 0.717) is 31.1 Å². The van der Waals surface area contributed by atoms with E-state index in [0.717, 1.165) is 0 Å². The first-order valence-corrected chi connectivity index (χ1v) is 15.1. The predicted molar refractivity (Wildman–Crippen MR) is 165 cm³/mol. The Hall–Kier alpha value is -4.86. The highest BCUT2D eigenvalue weighted by molar-refractivity contribution is 5.97. The highest BCUT2D eigenvalue weighted by Gasteiger charge is 2.36. The van der Waals surface area contributed by atoms with Crippen molar-refractivity contribution in [2.75, 3.05) is 13.1 Å². The molecule has 0 bridgehead atoms. The summed E-state index contributed by atoms with van der Waals surface area (Å²) in [6.45, 7) is 3.51. The zero-order valence-electron chi connectivity index (χ0n) is 26.0. The number of aldehydes is 1. The lowest BCUT2D eigenvalue weighted by Gasteiger charge is -2.27. The predicted octanol–water partition coefficient (Wildman–Crippen LogP) is -2.89. The van der Waals surface area contributed by atoms with Gasteiger partial charge in [-0.15, -0.1) is 0 Å². The summed E-state index contributed by atoms with van der Waals surface area (Å²) in [6, 6.07) is 2.92. The summed E-state index contributed by atoms with van der Waals surface area (Å²) in [6.07, 6.45) is 1.10. The molecule has 0 unspecified atom stereocenters. The molecule has 46 heavy (non-hydrogen) atoms. The number of hydrogen-bond donors (Lipinski definition) is 7.